The summed E-state index contributed by atoms with van der Waals surface area (Å²) in [5, 5.41) is 5.82. The molecule has 5 nitrogen and oxygen atoms in total. The zero-order chi connectivity index (χ0) is 14.7. The van der Waals surface area contributed by atoms with Crippen molar-refractivity contribution >= 4 is 20.8 Å². The molecule has 6 heteroatoms. The number of allylic oxidation sites excluding steroid dienone is 1. The second kappa shape index (κ2) is 5.97. The van der Waals surface area contributed by atoms with Gasteiger partial charge in [0.2, 0.25) is 0 Å². The van der Waals surface area contributed by atoms with E-state index < -0.39 is 10.7 Å². The van der Waals surface area contributed by atoms with E-state index in [4.69, 9.17) is 4.78 Å². The zero-order valence-corrected chi connectivity index (χ0v) is 12.3. The van der Waals surface area contributed by atoms with Crippen LogP contribution in [0, 0.1) is 4.78 Å². The summed E-state index contributed by atoms with van der Waals surface area (Å²) in [4.78, 5) is 8.62. The summed E-state index contributed by atoms with van der Waals surface area (Å²) in [6.45, 7) is 3.77. The van der Waals surface area contributed by atoms with Gasteiger partial charge in [-0.1, -0.05) is 36.4 Å². The minimum atomic E-state index is -0.818. The Morgan fingerprint density at radius 3 is 2.76 bits per heavy atom. The van der Waals surface area contributed by atoms with E-state index in [1.165, 1.54) is 11.9 Å². The number of nitrogens with one attached hydrogen (secondary N) is 1. The van der Waals surface area contributed by atoms with Crippen molar-refractivity contribution in [2.75, 3.05) is 0 Å². The first-order valence-corrected chi connectivity index (χ1v) is 7.78. The first-order chi connectivity index (χ1) is 10.3. The minimum Gasteiger partial charge on any atom is -0.268 e. The van der Waals surface area contributed by atoms with Gasteiger partial charge in [-0.15, -0.1) is 6.58 Å². The molecule has 0 bridgehead atoms. The third-order valence-corrected chi connectivity index (χ3v) is 4.61. The Hall–Kier alpha value is -2.34. The maximum absolute atomic E-state index is 8.50. The molecule has 1 N–H and O–H groups in total. The summed E-state index contributed by atoms with van der Waals surface area (Å²) in [6, 6.07) is 10.1. The van der Waals surface area contributed by atoms with Crippen LogP contribution in [0.15, 0.2) is 66.3 Å². The monoisotopic (exact) mass is 297 g/mol. The molecule has 1 aromatic heterocycles. The topological polar surface area (TPSA) is 66.9 Å². The summed E-state index contributed by atoms with van der Waals surface area (Å²) < 4.78 is 10.1. The van der Waals surface area contributed by atoms with E-state index in [1.807, 2.05) is 18.2 Å². The van der Waals surface area contributed by atoms with Gasteiger partial charge < -0.3 is 0 Å². The largest absolute Gasteiger partial charge is 0.268 e. The number of aromatic nitrogens is 3. The molecule has 0 fully saturated rings. The summed E-state index contributed by atoms with van der Waals surface area (Å²) in [7, 11) is -0.818. The number of hydrogen-bond acceptors (Lipinski definition) is 4. The average molecular weight is 297 g/mol. The number of aliphatic imine (C=N–C) groups is 1. The molecular formula is C15H15N5S. The van der Waals surface area contributed by atoms with E-state index in [1.54, 1.807) is 17.1 Å². The van der Waals surface area contributed by atoms with Gasteiger partial charge in [-0.3, -0.25) is 4.78 Å². The smallest absolute Gasteiger partial charge is 0.138 e. The van der Waals surface area contributed by atoms with Crippen molar-refractivity contribution in [1.82, 2.24) is 14.8 Å². The molecule has 2 heterocycles. The molecular weight excluding hydrogens is 282 g/mol. The van der Waals surface area contributed by atoms with Gasteiger partial charge in [0.15, 0.2) is 0 Å². The summed E-state index contributed by atoms with van der Waals surface area (Å²) in [6.07, 6.45) is 6.22. The third kappa shape index (κ3) is 2.75. The van der Waals surface area contributed by atoms with Crippen molar-refractivity contribution in [1.29, 1.82) is 4.78 Å². The Bertz CT molecular complexity index is 729. The number of rotatable bonds is 5. The van der Waals surface area contributed by atoms with Crippen LogP contribution in [0.5, 0.6) is 0 Å². The lowest BCUT2D eigenvalue weighted by Crippen LogP contribution is -2.10. The first-order valence-electron chi connectivity index (χ1n) is 6.55. The maximum Gasteiger partial charge on any atom is 0.138 e. The fourth-order valence-corrected chi connectivity index (χ4v) is 3.55. The van der Waals surface area contributed by atoms with E-state index in [0.29, 0.717) is 12.8 Å². The molecule has 0 saturated heterocycles. The normalized spacial score (nSPS) is 17.9. The Morgan fingerprint density at radius 2 is 2.10 bits per heavy atom. The molecule has 0 aliphatic carbocycles. The van der Waals surface area contributed by atoms with Crippen LogP contribution in [0.2, 0.25) is 0 Å². The molecule has 0 radical (unpaired) electrons. The number of benzene rings is 1. The van der Waals surface area contributed by atoms with Gasteiger partial charge in [0.25, 0.3) is 0 Å². The van der Waals surface area contributed by atoms with Crippen LogP contribution >= 0.6 is 0 Å². The van der Waals surface area contributed by atoms with Crippen LogP contribution in [0.4, 0.5) is 0 Å². The highest BCUT2D eigenvalue weighted by molar-refractivity contribution is 8.09. The molecule has 3 rings (SSSR count). The lowest BCUT2D eigenvalue weighted by Gasteiger charge is -2.06. The molecule has 2 aromatic rings. The van der Waals surface area contributed by atoms with E-state index in [0.717, 1.165) is 15.8 Å². The van der Waals surface area contributed by atoms with Gasteiger partial charge in [0.1, 0.15) is 17.7 Å². The lowest BCUT2D eigenvalue weighted by atomic mass is 10.2. The summed E-state index contributed by atoms with van der Waals surface area (Å²) in [5.41, 5.74) is 2.03. The van der Waals surface area contributed by atoms with Crippen LogP contribution < -0.4 is 0 Å². The Morgan fingerprint density at radius 1 is 1.29 bits per heavy atom. The van der Waals surface area contributed by atoms with E-state index in [-0.39, 0.29) is 0 Å². The summed E-state index contributed by atoms with van der Waals surface area (Å²) >= 11 is 0. The Kier molecular flexibility index (Phi) is 3.87. The van der Waals surface area contributed by atoms with Gasteiger partial charge in [-0.05, 0) is 16.3 Å². The first kappa shape index (κ1) is 13.6. The average Bonchev–Trinajstić information content (AvgIpc) is 3.10. The molecule has 1 aliphatic heterocycles. The molecule has 0 spiro atoms. The zero-order valence-electron chi connectivity index (χ0n) is 11.4. The van der Waals surface area contributed by atoms with Crippen molar-refractivity contribution in [3.63, 3.8) is 0 Å². The SMILES string of the molecule is C=CCC1=C(n2cncn2)S(=N)C(Cc2ccccc2)=N1. The van der Waals surface area contributed by atoms with Crippen molar-refractivity contribution in [3.8, 4) is 0 Å². The van der Waals surface area contributed by atoms with Crippen molar-refractivity contribution in [2.45, 2.75) is 12.8 Å². The van der Waals surface area contributed by atoms with Crippen molar-refractivity contribution < 1.29 is 0 Å². The van der Waals surface area contributed by atoms with Gasteiger partial charge in [-0.2, -0.15) is 5.10 Å². The molecule has 106 valence electrons. The van der Waals surface area contributed by atoms with Crippen LogP contribution in [0.1, 0.15) is 12.0 Å². The summed E-state index contributed by atoms with van der Waals surface area (Å²) in [5.74, 6) is 0. The van der Waals surface area contributed by atoms with Gasteiger partial charge >= 0.3 is 0 Å². The van der Waals surface area contributed by atoms with Crippen molar-refractivity contribution in [3.05, 3.63) is 66.9 Å². The molecule has 1 aliphatic rings. The highest BCUT2D eigenvalue weighted by atomic mass is 32.2. The molecule has 1 atom stereocenters. The standard InChI is InChI=1S/C15H15N5S/c1-2-6-13-15(20-11-17-10-18-20)21(16)14(19-13)9-12-7-4-3-5-8-12/h2-5,7-8,10-11,16H,1,6,9H2. The number of hydrogen-bond donors (Lipinski definition) is 1. The molecule has 0 saturated carbocycles. The van der Waals surface area contributed by atoms with Crippen LogP contribution in [0.25, 0.3) is 5.03 Å². The second-order valence-electron chi connectivity index (χ2n) is 4.56. The Labute approximate surface area is 125 Å². The quantitative estimate of drug-likeness (QED) is 0.862. The van der Waals surface area contributed by atoms with Gasteiger partial charge in [-0.25, -0.2) is 14.7 Å². The lowest BCUT2D eigenvalue weighted by molar-refractivity contribution is 0.910. The molecule has 21 heavy (non-hydrogen) atoms. The Balaban J connectivity index is 1.91. The maximum atomic E-state index is 8.50. The molecule has 1 unspecified atom stereocenters. The number of nitrogens with zero attached hydrogens (tertiary/aromatic N) is 4. The van der Waals surface area contributed by atoms with E-state index >= 15 is 0 Å². The van der Waals surface area contributed by atoms with Gasteiger partial charge in [0.05, 0.1) is 10.7 Å². The fraction of sp³-hybridized carbons (Fsp3) is 0.133. The fourth-order valence-electron chi connectivity index (χ4n) is 2.16. The predicted octanol–water partition coefficient (Wildman–Crippen LogP) is 3.02. The van der Waals surface area contributed by atoms with Crippen LogP contribution in [-0.4, -0.2) is 19.8 Å². The second-order valence-corrected chi connectivity index (χ2v) is 6.03. The van der Waals surface area contributed by atoms with E-state index in [9.17, 15) is 0 Å². The van der Waals surface area contributed by atoms with Gasteiger partial charge in [0, 0.05) is 12.8 Å². The highest BCUT2D eigenvalue weighted by Gasteiger charge is 2.24. The minimum absolute atomic E-state index is 0.635. The third-order valence-electron chi connectivity index (χ3n) is 3.10. The van der Waals surface area contributed by atoms with E-state index in [2.05, 4.69) is 33.8 Å². The van der Waals surface area contributed by atoms with Crippen LogP contribution in [0.3, 0.4) is 0 Å². The predicted molar refractivity (Wildman–Crippen MR) is 85.7 cm³/mol. The van der Waals surface area contributed by atoms with Crippen molar-refractivity contribution in [2.24, 2.45) is 4.99 Å². The highest BCUT2D eigenvalue weighted by Crippen LogP contribution is 2.28. The van der Waals surface area contributed by atoms with Crippen LogP contribution in [-0.2, 0) is 17.1 Å². The molecule has 0 amide bonds. The molecule has 1 aromatic carbocycles.